The first kappa shape index (κ1) is 22.0. The molecule has 9 nitrogen and oxygen atoms in total. The highest BCUT2D eigenvalue weighted by atomic mass is 32.2. The van der Waals surface area contributed by atoms with E-state index >= 15 is 0 Å². The largest absolute Gasteiger partial charge is 0.337 e. The molecule has 160 valence electrons. The fraction of sp³-hybridized carbons (Fsp3) is 0.600. The van der Waals surface area contributed by atoms with Crippen LogP contribution in [-0.2, 0) is 24.3 Å². The molecule has 2 aromatic heterocycles. The molecule has 3 rings (SSSR count). The Morgan fingerprint density at radius 1 is 1.20 bits per heavy atom. The van der Waals surface area contributed by atoms with E-state index in [9.17, 15) is 19.6 Å². The Morgan fingerprint density at radius 3 is 2.40 bits per heavy atom. The lowest BCUT2D eigenvalue weighted by Gasteiger charge is -2.22. The maximum atomic E-state index is 12.8. The van der Waals surface area contributed by atoms with Crippen molar-refractivity contribution in [2.24, 2.45) is 14.1 Å². The second kappa shape index (κ2) is 7.87. The van der Waals surface area contributed by atoms with E-state index in [1.54, 1.807) is 7.05 Å². The average molecular weight is 431 g/mol. The smallest absolute Gasteiger partial charge is 0.332 e. The van der Waals surface area contributed by atoms with E-state index < -0.39 is 22.2 Å². The highest BCUT2D eigenvalue weighted by Crippen LogP contribution is 2.30. The van der Waals surface area contributed by atoms with E-state index in [0.29, 0.717) is 23.7 Å². The summed E-state index contributed by atoms with van der Waals surface area (Å²) in [7, 11) is 2.96. The molecule has 0 spiro atoms. The summed E-state index contributed by atoms with van der Waals surface area (Å²) in [5.74, 6) is 0.199. The van der Waals surface area contributed by atoms with Crippen LogP contribution in [-0.4, -0.2) is 36.3 Å². The van der Waals surface area contributed by atoms with E-state index in [1.807, 2.05) is 20.8 Å². The first-order valence-corrected chi connectivity index (χ1v) is 10.8. The van der Waals surface area contributed by atoms with Crippen molar-refractivity contribution < 1.29 is 4.79 Å². The third-order valence-electron chi connectivity index (χ3n) is 5.33. The molecular weight excluding hydrogens is 404 g/mol. The Morgan fingerprint density at radius 2 is 1.83 bits per heavy atom. The molecular formula is C20H26N6O3S. The molecule has 2 aromatic rings. The van der Waals surface area contributed by atoms with Crippen LogP contribution in [0.25, 0.3) is 11.0 Å². The monoisotopic (exact) mass is 430 g/mol. The molecule has 0 aliphatic heterocycles. The average Bonchev–Trinajstić information content (AvgIpc) is 3.16. The van der Waals surface area contributed by atoms with Gasteiger partial charge >= 0.3 is 5.69 Å². The van der Waals surface area contributed by atoms with E-state index in [1.165, 1.54) is 11.6 Å². The molecule has 0 radical (unpaired) electrons. The Labute approximate surface area is 178 Å². The predicted molar refractivity (Wildman–Crippen MR) is 114 cm³/mol. The molecule has 30 heavy (non-hydrogen) atoms. The minimum absolute atomic E-state index is 0.00508. The number of hydrogen-bond donors (Lipinski definition) is 1. The summed E-state index contributed by atoms with van der Waals surface area (Å²) in [6.07, 6.45) is 3.12. The number of nitrogens with zero attached hydrogens (tertiary/aromatic N) is 5. The predicted octanol–water partition coefficient (Wildman–Crippen LogP) is 1.37. The van der Waals surface area contributed by atoms with E-state index in [2.05, 4.69) is 21.4 Å². The Bertz CT molecular complexity index is 1160. The lowest BCUT2D eigenvalue weighted by Crippen LogP contribution is -2.45. The van der Waals surface area contributed by atoms with E-state index in [4.69, 9.17) is 0 Å². The van der Waals surface area contributed by atoms with Crippen LogP contribution >= 0.6 is 11.8 Å². The minimum Gasteiger partial charge on any atom is -0.337 e. The number of carbonyl (C=O) groups excluding carboxylic acids is 1. The van der Waals surface area contributed by atoms with Gasteiger partial charge in [0.2, 0.25) is 5.91 Å². The maximum Gasteiger partial charge on any atom is 0.332 e. The summed E-state index contributed by atoms with van der Waals surface area (Å²) in [6.45, 7) is 5.81. The van der Waals surface area contributed by atoms with Gasteiger partial charge in [-0.2, -0.15) is 5.26 Å². The first-order chi connectivity index (χ1) is 14.0. The number of nitriles is 1. The molecule has 1 N–H and O–H groups in total. The Kier molecular flexibility index (Phi) is 5.78. The lowest BCUT2D eigenvalue weighted by atomic mass is 9.96. The molecule has 0 aromatic carbocycles. The summed E-state index contributed by atoms with van der Waals surface area (Å²) in [5.41, 5.74) is -1.95. The molecule has 0 bridgehead atoms. The zero-order valence-electron chi connectivity index (χ0n) is 17.9. The molecule has 1 saturated carbocycles. The topological polar surface area (TPSA) is 123 Å². The molecule has 1 aliphatic carbocycles. The molecule has 10 heteroatoms. The van der Waals surface area contributed by atoms with E-state index in [-0.39, 0.29) is 22.7 Å². The highest BCUT2D eigenvalue weighted by Gasteiger charge is 2.35. The highest BCUT2D eigenvalue weighted by molar-refractivity contribution is 8.00. The number of hydrogen-bond acceptors (Lipinski definition) is 7. The normalized spacial score (nSPS) is 15.9. The number of carbonyl (C=O) groups is 1. The molecule has 0 unspecified atom stereocenters. The van der Waals surface area contributed by atoms with Crippen LogP contribution in [0.3, 0.4) is 0 Å². The number of rotatable bonds is 4. The van der Waals surface area contributed by atoms with Crippen LogP contribution in [0.5, 0.6) is 0 Å². The second-order valence-electron chi connectivity index (χ2n) is 8.74. The number of nitrogens with one attached hydrogen (secondary N) is 1. The van der Waals surface area contributed by atoms with Crippen molar-refractivity contribution in [2.75, 3.05) is 5.75 Å². The van der Waals surface area contributed by atoms with Crippen LogP contribution in [0.4, 0.5) is 0 Å². The van der Waals surface area contributed by atoms with Gasteiger partial charge in [-0.25, -0.2) is 14.8 Å². The quantitative estimate of drug-likeness (QED) is 0.574. The van der Waals surface area contributed by atoms with Crippen molar-refractivity contribution in [2.45, 2.75) is 62.4 Å². The van der Waals surface area contributed by atoms with Crippen molar-refractivity contribution in [3.05, 3.63) is 26.7 Å². The molecule has 0 atom stereocenters. The zero-order valence-corrected chi connectivity index (χ0v) is 18.7. The fourth-order valence-electron chi connectivity index (χ4n) is 3.55. The van der Waals surface area contributed by atoms with Crippen LogP contribution < -0.4 is 16.6 Å². The van der Waals surface area contributed by atoms with Crippen LogP contribution in [0.2, 0.25) is 0 Å². The van der Waals surface area contributed by atoms with Gasteiger partial charge in [-0.1, -0.05) is 32.5 Å². The van der Waals surface area contributed by atoms with Gasteiger partial charge in [-0.05, 0) is 25.7 Å². The molecule has 2 heterocycles. The number of aromatic nitrogens is 4. The van der Waals surface area contributed by atoms with Gasteiger partial charge in [0.25, 0.3) is 5.56 Å². The maximum absolute atomic E-state index is 12.8. The van der Waals surface area contributed by atoms with Crippen LogP contribution in [0, 0.1) is 11.3 Å². The zero-order chi connectivity index (χ0) is 22.3. The summed E-state index contributed by atoms with van der Waals surface area (Å²) in [4.78, 5) is 46.8. The van der Waals surface area contributed by atoms with Gasteiger partial charge in [-0.15, -0.1) is 0 Å². The molecule has 1 amide bonds. The van der Waals surface area contributed by atoms with Crippen molar-refractivity contribution >= 4 is 28.7 Å². The first-order valence-electron chi connectivity index (χ1n) is 9.82. The summed E-state index contributed by atoms with van der Waals surface area (Å²) < 4.78 is 2.33. The molecule has 1 fully saturated rings. The SMILES string of the molecule is Cn1c(=O)c2c(SCC(=O)NC3(C#N)CCCC3)nc(C(C)(C)C)nc2n(C)c1=O. The van der Waals surface area contributed by atoms with Gasteiger partial charge in [0.05, 0.1) is 11.8 Å². The number of amides is 1. The van der Waals surface area contributed by atoms with Gasteiger partial charge in [-0.3, -0.25) is 18.7 Å². The van der Waals surface area contributed by atoms with Crippen molar-refractivity contribution in [3.8, 4) is 6.07 Å². The second-order valence-corrected chi connectivity index (χ2v) is 9.71. The summed E-state index contributed by atoms with van der Waals surface area (Å²) >= 11 is 1.12. The van der Waals surface area contributed by atoms with Crippen LogP contribution in [0.1, 0.15) is 52.3 Å². The summed E-state index contributed by atoms with van der Waals surface area (Å²) in [6, 6.07) is 2.24. The number of thioether (sulfide) groups is 1. The Balaban J connectivity index is 2.02. The van der Waals surface area contributed by atoms with Crippen molar-refractivity contribution in [3.63, 3.8) is 0 Å². The van der Waals surface area contributed by atoms with Gasteiger partial charge < -0.3 is 5.32 Å². The minimum atomic E-state index is -0.804. The third kappa shape index (κ3) is 3.99. The molecule has 0 saturated heterocycles. The van der Waals surface area contributed by atoms with Crippen LogP contribution in [0.15, 0.2) is 14.6 Å². The fourth-order valence-corrected chi connectivity index (χ4v) is 4.36. The standard InChI is InChI=1S/C20H26N6O3S/c1-19(2,3)17-22-14-13(16(28)26(5)18(29)25(14)4)15(23-17)30-10-12(27)24-20(11-21)8-6-7-9-20/h6-10H2,1-5H3,(H,24,27). The van der Waals surface area contributed by atoms with E-state index in [0.717, 1.165) is 29.2 Å². The lowest BCUT2D eigenvalue weighted by molar-refractivity contribution is -0.119. The van der Waals surface area contributed by atoms with Crippen molar-refractivity contribution in [1.82, 2.24) is 24.4 Å². The van der Waals surface area contributed by atoms with Gasteiger partial charge in [0, 0.05) is 19.5 Å². The molecule has 1 aliphatic rings. The van der Waals surface area contributed by atoms with Gasteiger partial charge in [0.1, 0.15) is 21.8 Å². The number of fused-ring (bicyclic) bond motifs is 1. The van der Waals surface area contributed by atoms with Gasteiger partial charge in [0.15, 0.2) is 5.65 Å². The van der Waals surface area contributed by atoms with Crippen molar-refractivity contribution in [1.29, 1.82) is 5.26 Å². The Hall–Kier alpha value is -2.67. The number of aryl methyl sites for hydroxylation is 1. The summed E-state index contributed by atoms with van der Waals surface area (Å²) in [5, 5.41) is 12.9. The third-order valence-corrected chi connectivity index (χ3v) is 6.30.